The maximum Gasteiger partial charge on any atom is 0.255 e. The number of carbonyl (C=O) groups excluding carboxylic acids is 2. The second-order valence-electron chi connectivity index (χ2n) is 6.34. The lowest BCUT2D eigenvalue weighted by Gasteiger charge is -2.29. The Labute approximate surface area is 157 Å². The van der Waals surface area contributed by atoms with Gasteiger partial charge in [0, 0.05) is 44.1 Å². The third-order valence-electron chi connectivity index (χ3n) is 4.21. The molecule has 2 aromatic carbocycles. The molecule has 1 aliphatic rings. The van der Waals surface area contributed by atoms with Crippen molar-refractivity contribution in [3.05, 3.63) is 53.1 Å². The number of hydrogen-bond donors (Lipinski definition) is 2. The van der Waals surface area contributed by atoms with Crippen LogP contribution in [0, 0.1) is 0 Å². The predicted molar refractivity (Wildman–Crippen MR) is 105 cm³/mol. The molecule has 0 saturated carbocycles. The van der Waals surface area contributed by atoms with E-state index in [0.29, 0.717) is 29.4 Å². The third kappa shape index (κ3) is 4.08. The first kappa shape index (κ1) is 18.1. The Kier molecular flexibility index (Phi) is 5.32. The molecule has 6 nitrogen and oxygen atoms in total. The van der Waals surface area contributed by atoms with Crippen LogP contribution in [0.15, 0.2) is 42.5 Å². The summed E-state index contributed by atoms with van der Waals surface area (Å²) in [7, 11) is 3.85. The Balaban J connectivity index is 1.74. The van der Waals surface area contributed by atoms with E-state index in [4.69, 9.17) is 11.6 Å². The number of anilines is 3. The summed E-state index contributed by atoms with van der Waals surface area (Å²) < 4.78 is 0. The first-order valence-electron chi connectivity index (χ1n) is 8.34. The number of hydrogen-bond acceptors (Lipinski definition) is 4. The fourth-order valence-corrected chi connectivity index (χ4v) is 3.11. The minimum absolute atomic E-state index is 0.0227. The molecule has 2 amide bonds. The van der Waals surface area contributed by atoms with E-state index in [1.807, 2.05) is 48.2 Å². The van der Waals surface area contributed by atoms with Gasteiger partial charge in [-0.3, -0.25) is 9.59 Å². The quantitative estimate of drug-likeness (QED) is 0.865. The normalized spacial score (nSPS) is 14.0. The zero-order valence-electron chi connectivity index (χ0n) is 14.8. The zero-order valence-corrected chi connectivity index (χ0v) is 15.5. The Bertz CT molecular complexity index is 838. The molecule has 0 atom stereocenters. The van der Waals surface area contributed by atoms with Crippen LogP contribution in [0.4, 0.5) is 17.1 Å². The van der Waals surface area contributed by atoms with E-state index in [2.05, 4.69) is 10.6 Å². The van der Waals surface area contributed by atoms with E-state index in [0.717, 1.165) is 11.4 Å². The highest BCUT2D eigenvalue weighted by molar-refractivity contribution is 6.33. The lowest BCUT2D eigenvalue weighted by Crippen LogP contribution is -2.47. The topological polar surface area (TPSA) is 64.7 Å². The van der Waals surface area contributed by atoms with E-state index >= 15 is 0 Å². The Morgan fingerprint density at radius 3 is 2.73 bits per heavy atom. The fraction of sp³-hybridized carbons (Fsp3) is 0.263. The number of halogens is 1. The predicted octanol–water partition coefficient (Wildman–Crippen LogP) is 2.59. The van der Waals surface area contributed by atoms with Gasteiger partial charge in [0.1, 0.15) is 0 Å². The van der Waals surface area contributed by atoms with Crippen LogP contribution in [0.1, 0.15) is 10.4 Å². The number of piperazine rings is 1. The molecule has 2 N–H and O–H groups in total. The van der Waals surface area contributed by atoms with Crippen LogP contribution in [-0.2, 0) is 4.79 Å². The highest BCUT2D eigenvalue weighted by Crippen LogP contribution is 2.29. The summed E-state index contributed by atoms with van der Waals surface area (Å²) in [5, 5.41) is 6.15. The zero-order chi connectivity index (χ0) is 18.7. The van der Waals surface area contributed by atoms with Crippen molar-refractivity contribution in [2.75, 3.05) is 48.8 Å². The molecule has 1 saturated heterocycles. The van der Waals surface area contributed by atoms with Crippen molar-refractivity contribution in [3.8, 4) is 0 Å². The molecule has 1 fully saturated rings. The molecule has 1 heterocycles. The van der Waals surface area contributed by atoms with Gasteiger partial charge in [-0.2, -0.15) is 0 Å². The highest BCUT2D eigenvalue weighted by Gasteiger charge is 2.19. The van der Waals surface area contributed by atoms with E-state index in [1.165, 1.54) is 0 Å². The molecular formula is C19H21ClN4O2. The van der Waals surface area contributed by atoms with E-state index < -0.39 is 0 Å². The molecule has 0 unspecified atom stereocenters. The second-order valence-corrected chi connectivity index (χ2v) is 6.74. The lowest BCUT2D eigenvalue weighted by atomic mass is 10.1. The minimum Gasteiger partial charge on any atom is -0.378 e. The van der Waals surface area contributed by atoms with E-state index in [1.54, 1.807) is 18.2 Å². The van der Waals surface area contributed by atoms with Crippen molar-refractivity contribution in [1.82, 2.24) is 5.32 Å². The van der Waals surface area contributed by atoms with Gasteiger partial charge in [-0.05, 0) is 36.4 Å². The molecule has 1 aliphatic heterocycles. The first-order chi connectivity index (χ1) is 12.4. The van der Waals surface area contributed by atoms with Crippen molar-refractivity contribution >= 4 is 40.5 Å². The first-order valence-corrected chi connectivity index (χ1v) is 8.72. The maximum atomic E-state index is 12.5. The summed E-state index contributed by atoms with van der Waals surface area (Å²) in [6, 6.07) is 12.7. The molecule has 7 heteroatoms. The number of nitrogens with zero attached hydrogens (tertiary/aromatic N) is 2. The highest BCUT2D eigenvalue weighted by atomic mass is 35.5. The summed E-state index contributed by atoms with van der Waals surface area (Å²) >= 11 is 6.38. The molecule has 3 rings (SSSR count). The molecule has 0 spiro atoms. The summed E-state index contributed by atoms with van der Waals surface area (Å²) in [6.45, 7) is 1.58. The fourth-order valence-electron chi connectivity index (χ4n) is 2.81. The number of nitrogens with one attached hydrogen (secondary N) is 2. The van der Waals surface area contributed by atoms with Crippen LogP contribution in [0.5, 0.6) is 0 Å². The van der Waals surface area contributed by atoms with Gasteiger partial charge in [-0.1, -0.05) is 17.7 Å². The third-order valence-corrected chi connectivity index (χ3v) is 4.51. The van der Waals surface area contributed by atoms with Crippen LogP contribution in [0.3, 0.4) is 0 Å². The van der Waals surface area contributed by atoms with Gasteiger partial charge < -0.3 is 20.4 Å². The Morgan fingerprint density at radius 2 is 2.04 bits per heavy atom. The summed E-state index contributed by atoms with van der Waals surface area (Å²) in [5.41, 5.74) is 2.92. The second kappa shape index (κ2) is 7.66. The van der Waals surface area contributed by atoms with Gasteiger partial charge in [0.15, 0.2) is 0 Å². The van der Waals surface area contributed by atoms with Gasteiger partial charge in [-0.15, -0.1) is 0 Å². The smallest absolute Gasteiger partial charge is 0.255 e. The van der Waals surface area contributed by atoms with Gasteiger partial charge in [-0.25, -0.2) is 0 Å². The number of carbonyl (C=O) groups is 2. The largest absolute Gasteiger partial charge is 0.378 e. The Hall–Kier alpha value is -2.73. The van der Waals surface area contributed by atoms with Gasteiger partial charge in [0.2, 0.25) is 5.91 Å². The average molecular weight is 373 g/mol. The average Bonchev–Trinajstić information content (AvgIpc) is 2.62. The van der Waals surface area contributed by atoms with Crippen molar-refractivity contribution in [3.63, 3.8) is 0 Å². The lowest BCUT2D eigenvalue weighted by molar-refractivity contribution is -0.120. The summed E-state index contributed by atoms with van der Waals surface area (Å²) in [5.74, 6) is -0.222. The van der Waals surface area contributed by atoms with Crippen molar-refractivity contribution in [1.29, 1.82) is 0 Å². The standard InChI is InChI=1S/C19H21ClN4O2/c1-23(2)15-5-3-4-13(10-15)19(26)22-14-6-7-17(16(20)11-14)24-9-8-21-18(25)12-24/h3-7,10-11H,8-9,12H2,1-2H3,(H,21,25)(H,22,26). The molecule has 0 aliphatic carbocycles. The number of benzene rings is 2. The number of rotatable bonds is 4. The van der Waals surface area contributed by atoms with Crippen molar-refractivity contribution in [2.24, 2.45) is 0 Å². The molecular weight excluding hydrogens is 352 g/mol. The molecule has 0 aromatic heterocycles. The van der Waals surface area contributed by atoms with Crippen LogP contribution >= 0.6 is 11.6 Å². The van der Waals surface area contributed by atoms with Gasteiger partial charge in [0.05, 0.1) is 17.3 Å². The monoisotopic (exact) mass is 372 g/mol. The minimum atomic E-state index is -0.199. The Morgan fingerprint density at radius 1 is 1.23 bits per heavy atom. The maximum absolute atomic E-state index is 12.5. The number of amides is 2. The van der Waals surface area contributed by atoms with Crippen molar-refractivity contribution < 1.29 is 9.59 Å². The SMILES string of the molecule is CN(C)c1cccc(C(=O)Nc2ccc(N3CCNC(=O)C3)c(Cl)c2)c1. The van der Waals surface area contributed by atoms with E-state index in [-0.39, 0.29) is 18.4 Å². The van der Waals surface area contributed by atoms with Crippen LogP contribution in [-0.4, -0.2) is 45.5 Å². The van der Waals surface area contributed by atoms with Crippen molar-refractivity contribution in [2.45, 2.75) is 0 Å². The van der Waals surface area contributed by atoms with Crippen LogP contribution in [0.25, 0.3) is 0 Å². The molecule has 136 valence electrons. The molecule has 26 heavy (non-hydrogen) atoms. The summed E-state index contributed by atoms with van der Waals surface area (Å²) in [4.78, 5) is 27.9. The molecule has 0 bridgehead atoms. The summed E-state index contributed by atoms with van der Waals surface area (Å²) in [6.07, 6.45) is 0. The van der Waals surface area contributed by atoms with E-state index in [9.17, 15) is 9.59 Å². The molecule has 0 radical (unpaired) electrons. The van der Waals surface area contributed by atoms with Gasteiger partial charge in [0.25, 0.3) is 5.91 Å². The van der Waals surface area contributed by atoms with Crippen LogP contribution in [0.2, 0.25) is 5.02 Å². The molecule has 2 aromatic rings. The van der Waals surface area contributed by atoms with Gasteiger partial charge >= 0.3 is 0 Å². The van der Waals surface area contributed by atoms with Crippen LogP contribution < -0.4 is 20.4 Å².